The lowest BCUT2D eigenvalue weighted by Gasteiger charge is -2.08. The lowest BCUT2D eigenvalue weighted by Crippen LogP contribution is -2.28. The Balaban J connectivity index is 1.94. The van der Waals surface area contributed by atoms with Crippen LogP contribution in [0.3, 0.4) is 0 Å². The zero-order valence-electron chi connectivity index (χ0n) is 12.8. The minimum absolute atomic E-state index is 0.427. The molecule has 0 atom stereocenters. The second-order valence-electron chi connectivity index (χ2n) is 5.51. The topological polar surface area (TPSA) is 57.6 Å². The number of hydrogen-bond acceptors (Lipinski definition) is 3. The van der Waals surface area contributed by atoms with Gasteiger partial charge in [-0.2, -0.15) is 9.83 Å². The molecule has 0 saturated carbocycles. The van der Waals surface area contributed by atoms with Crippen LogP contribution in [0.25, 0.3) is 28.1 Å². The zero-order valence-corrected chi connectivity index (χ0v) is 13.6. The highest BCUT2D eigenvalue weighted by Crippen LogP contribution is 2.23. The van der Waals surface area contributed by atoms with Gasteiger partial charge in [-0.15, -0.1) is 0 Å². The van der Waals surface area contributed by atoms with Crippen molar-refractivity contribution in [3.8, 4) is 17.1 Å². The maximum Gasteiger partial charge on any atom is 0.244 e. The third-order valence-electron chi connectivity index (χ3n) is 3.76. The Morgan fingerprint density at radius 1 is 1.08 bits per heavy atom. The van der Waals surface area contributed by atoms with Crippen molar-refractivity contribution >= 4 is 22.6 Å². The van der Waals surface area contributed by atoms with Crippen molar-refractivity contribution in [1.29, 1.82) is 0 Å². The average Bonchev–Trinajstić information content (AvgIpc) is 2.98. The normalized spacial score (nSPS) is 11.1. The number of benzene rings is 2. The van der Waals surface area contributed by atoms with Crippen LogP contribution in [-0.2, 0) is 0 Å². The molecule has 4 aromatic rings. The van der Waals surface area contributed by atoms with Gasteiger partial charge >= 0.3 is 0 Å². The molecule has 0 unspecified atom stereocenters. The molecule has 6 heteroatoms. The summed E-state index contributed by atoms with van der Waals surface area (Å²) in [6, 6.07) is 16.9. The van der Waals surface area contributed by atoms with Gasteiger partial charge < -0.3 is 5.21 Å². The van der Waals surface area contributed by atoms with E-state index < -0.39 is 0 Å². The predicted octanol–water partition coefficient (Wildman–Crippen LogP) is 3.68. The third kappa shape index (κ3) is 2.49. The Kier molecular flexibility index (Phi) is 3.43. The smallest absolute Gasteiger partial charge is 0.244 e. The summed E-state index contributed by atoms with van der Waals surface area (Å²) >= 11 is 5.96. The maximum atomic E-state index is 12.4. The molecule has 2 aromatic heterocycles. The van der Waals surface area contributed by atoms with E-state index >= 15 is 0 Å². The largest absolute Gasteiger partial charge is 0.618 e. The van der Waals surface area contributed by atoms with Crippen molar-refractivity contribution in [2.45, 2.75) is 6.92 Å². The summed E-state index contributed by atoms with van der Waals surface area (Å²) in [4.78, 5) is 4.57. The molecule has 0 amide bonds. The van der Waals surface area contributed by atoms with Gasteiger partial charge in [0.1, 0.15) is 5.52 Å². The van der Waals surface area contributed by atoms with Crippen LogP contribution in [0.2, 0.25) is 5.02 Å². The number of rotatable bonds is 2. The molecule has 118 valence electrons. The molecule has 0 saturated heterocycles. The Bertz CT molecular complexity index is 1040. The number of nitrogens with zero attached hydrogens (tertiary/aromatic N) is 4. The Hall–Kier alpha value is -2.92. The molecule has 0 bridgehead atoms. The van der Waals surface area contributed by atoms with Crippen LogP contribution < -0.4 is 4.73 Å². The molecule has 5 nitrogen and oxygen atoms in total. The maximum absolute atomic E-state index is 12.4. The first kappa shape index (κ1) is 14.7. The minimum Gasteiger partial charge on any atom is -0.618 e. The predicted molar refractivity (Wildman–Crippen MR) is 93.0 cm³/mol. The highest BCUT2D eigenvalue weighted by atomic mass is 35.5. The van der Waals surface area contributed by atoms with Gasteiger partial charge in [0.05, 0.1) is 11.4 Å². The molecule has 0 aliphatic heterocycles. The van der Waals surface area contributed by atoms with Gasteiger partial charge in [0.25, 0.3) is 0 Å². The van der Waals surface area contributed by atoms with Crippen molar-refractivity contribution < 1.29 is 4.73 Å². The summed E-state index contributed by atoms with van der Waals surface area (Å²) < 4.78 is 2.46. The van der Waals surface area contributed by atoms with E-state index in [2.05, 4.69) is 10.1 Å². The number of aromatic nitrogens is 4. The van der Waals surface area contributed by atoms with E-state index in [1.165, 1.54) is 6.20 Å². The Labute approximate surface area is 143 Å². The van der Waals surface area contributed by atoms with Crippen molar-refractivity contribution in [3.05, 3.63) is 76.7 Å². The van der Waals surface area contributed by atoms with Gasteiger partial charge in [-0.05, 0) is 25.1 Å². The van der Waals surface area contributed by atoms with Crippen LogP contribution in [0.5, 0.6) is 0 Å². The fourth-order valence-electron chi connectivity index (χ4n) is 2.69. The van der Waals surface area contributed by atoms with Crippen LogP contribution in [-0.4, -0.2) is 14.8 Å². The number of aryl methyl sites for hydroxylation is 1. The van der Waals surface area contributed by atoms with Gasteiger partial charge in [0.2, 0.25) is 17.5 Å². The average molecular weight is 337 g/mol. The SMILES string of the molecule is Cc1cc(-c2ccccc2)n(-c2c[n+]([O-])c3cc(Cl)ccc3n2)n1. The van der Waals surface area contributed by atoms with Crippen LogP contribution in [0.1, 0.15) is 5.69 Å². The lowest BCUT2D eigenvalue weighted by atomic mass is 10.1. The van der Waals surface area contributed by atoms with Crippen LogP contribution in [0.15, 0.2) is 60.8 Å². The summed E-state index contributed by atoms with van der Waals surface area (Å²) in [7, 11) is 0. The van der Waals surface area contributed by atoms with Gasteiger partial charge in [-0.25, -0.2) is 9.67 Å². The summed E-state index contributed by atoms with van der Waals surface area (Å²) in [6.07, 6.45) is 1.41. The van der Waals surface area contributed by atoms with Gasteiger partial charge in [-0.1, -0.05) is 41.9 Å². The molecule has 24 heavy (non-hydrogen) atoms. The van der Waals surface area contributed by atoms with E-state index in [0.717, 1.165) is 21.7 Å². The van der Waals surface area contributed by atoms with E-state index in [1.807, 2.05) is 43.3 Å². The standard InChI is InChI=1S/C18H13ClN4O/c1-12-9-16(13-5-3-2-4-6-13)23(21-12)18-11-22(24)17-10-14(19)7-8-15(17)20-18/h2-11H,1H3. The first-order chi connectivity index (χ1) is 11.6. The molecule has 0 aliphatic carbocycles. The van der Waals surface area contributed by atoms with Gasteiger partial charge in [-0.3, -0.25) is 0 Å². The molecule has 0 spiro atoms. The molecule has 0 aliphatic rings. The summed E-state index contributed by atoms with van der Waals surface area (Å²) in [5.41, 5.74) is 3.74. The van der Waals surface area contributed by atoms with Crippen molar-refractivity contribution in [3.63, 3.8) is 0 Å². The van der Waals surface area contributed by atoms with E-state index in [9.17, 15) is 5.21 Å². The highest BCUT2D eigenvalue weighted by Gasteiger charge is 2.16. The molecule has 2 heterocycles. The third-order valence-corrected chi connectivity index (χ3v) is 4.00. The van der Waals surface area contributed by atoms with E-state index in [0.29, 0.717) is 21.9 Å². The first-order valence-electron chi connectivity index (χ1n) is 7.44. The molecule has 0 radical (unpaired) electrons. The molecule has 4 rings (SSSR count). The van der Waals surface area contributed by atoms with Crippen LogP contribution >= 0.6 is 11.6 Å². The van der Waals surface area contributed by atoms with E-state index in [1.54, 1.807) is 22.9 Å². The van der Waals surface area contributed by atoms with Gasteiger partial charge in [0.15, 0.2) is 0 Å². The summed E-state index contributed by atoms with van der Waals surface area (Å²) in [5.74, 6) is 0.465. The minimum atomic E-state index is 0.427. The van der Waals surface area contributed by atoms with Crippen molar-refractivity contribution in [2.75, 3.05) is 0 Å². The molecular weight excluding hydrogens is 324 g/mol. The van der Waals surface area contributed by atoms with E-state index in [4.69, 9.17) is 11.6 Å². The number of hydrogen-bond donors (Lipinski definition) is 0. The number of fused-ring (bicyclic) bond motifs is 1. The summed E-state index contributed by atoms with van der Waals surface area (Å²) in [5, 5.41) is 17.4. The molecule has 0 N–H and O–H groups in total. The lowest BCUT2D eigenvalue weighted by molar-refractivity contribution is -0.577. The van der Waals surface area contributed by atoms with Crippen molar-refractivity contribution in [1.82, 2.24) is 14.8 Å². The van der Waals surface area contributed by atoms with Crippen LogP contribution in [0.4, 0.5) is 0 Å². The molecule has 0 fully saturated rings. The quantitative estimate of drug-likeness (QED) is 0.414. The molecular formula is C18H13ClN4O. The highest BCUT2D eigenvalue weighted by molar-refractivity contribution is 6.31. The monoisotopic (exact) mass is 336 g/mol. The zero-order chi connectivity index (χ0) is 16.7. The van der Waals surface area contributed by atoms with Crippen molar-refractivity contribution in [2.24, 2.45) is 0 Å². The fraction of sp³-hybridized carbons (Fsp3) is 0.0556. The Morgan fingerprint density at radius 2 is 1.88 bits per heavy atom. The second-order valence-corrected chi connectivity index (χ2v) is 5.94. The Morgan fingerprint density at radius 3 is 2.67 bits per heavy atom. The van der Waals surface area contributed by atoms with Gasteiger partial charge in [0, 0.05) is 16.7 Å². The second kappa shape index (κ2) is 5.62. The fourth-order valence-corrected chi connectivity index (χ4v) is 2.85. The van der Waals surface area contributed by atoms with Crippen LogP contribution in [0, 0.1) is 12.1 Å². The summed E-state index contributed by atoms with van der Waals surface area (Å²) in [6.45, 7) is 1.91. The molecule has 2 aromatic carbocycles. The number of halogens is 1. The first-order valence-corrected chi connectivity index (χ1v) is 7.81. The van der Waals surface area contributed by atoms with E-state index in [-0.39, 0.29) is 0 Å².